The molecule has 0 bridgehead atoms. The summed E-state index contributed by atoms with van der Waals surface area (Å²) < 4.78 is 10.6. The van der Waals surface area contributed by atoms with E-state index in [4.69, 9.17) is 9.47 Å². The molecule has 0 radical (unpaired) electrons. The Hall–Kier alpha value is -0.920. The Morgan fingerprint density at radius 2 is 1.79 bits per heavy atom. The second-order valence-corrected chi connectivity index (χ2v) is 3.72. The molecule has 0 amide bonds. The average molecular weight is 198 g/mol. The molecule has 0 spiro atoms. The Kier molecular flexibility index (Phi) is 6.09. The van der Waals surface area contributed by atoms with Gasteiger partial charge in [-0.25, -0.2) is 0 Å². The van der Waals surface area contributed by atoms with Gasteiger partial charge in [0.15, 0.2) is 5.76 Å². The summed E-state index contributed by atoms with van der Waals surface area (Å²) in [6.07, 6.45) is 1.77. The predicted octanol–water partition coefficient (Wildman–Crippen LogP) is 3.50. The third-order valence-corrected chi connectivity index (χ3v) is 2.05. The quantitative estimate of drug-likeness (QED) is 0.480. The van der Waals surface area contributed by atoms with E-state index in [1.807, 2.05) is 0 Å². The monoisotopic (exact) mass is 198 g/mol. The highest BCUT2D eigenvalue weighted by Crippen LogP contribution is 2.22. The molecule has 0 aromatic carbocycles. The minimum absolute atomic E-state index is 0.555. The highest BCUT2D eigenvalue weighted by atomic mass is 16.5. The standard InChI is InChI=1S/C12H22O2/c1-7-10(4)12(14-6)11(13-5)8-9(2)3/h9H,4,7-8H2,1-3,5-6H3/b12-11-. The predicted molar refractivity (Wildman–Crippen MR) is 59.9 cm³/mol. The zero-order valence-electron chi connectivity index (χ0n) is 10.0. The minimum Gasteiger partial charge on any atom is -0.497 e. The molecule has 0 saturated carbocycles. The van der Waals surface area contributed by atoms with Crippen molar-refractivity contribution in [2.75, 3.05) is 14.2 Å². The van der Waals surface area contributed by atoms with Crippen LogP contribution < -0.4 is 0 Å². The lowest BCUT2D eigenvalue weighted by Crippen LogP contribution is -2.02. The Morgan fingerprint density at radius 1 is 1.21 bits per heavy atom. The van der Waals surface area contributed by atoms with Gasteiger partial charge < -0.3 is 9.47 Å². The van der Waals surface area contributed by atoms with Crippen molar-refractivity contribution in [3.63, 3.8) is 0 Å². The Labute approximate surface area is 87.6 Å². The van der Waals surface area contributed by atoms with E-state index in [-0.39, 0.29) is 0 Å². The first kappa shape index (κ1) is 13.1. The number of allylic oxidation sites excluding steroid dienone is 2. The molecule has 2 heteroatoms. The molecule has 0 N–H and O–H groups in total. The maximum atomic E-state index is 5.33. The number of hydrogen-bond acceptors (Lipinski definition) is 2. The maximum Gasteiger partial charge on any atom is 0.159 e. The summed E-state index contributed by atoms with van der Waals surface area (Å²) in [5.74, 6) is 2.26. The normalized spacial score (nSPS) is 12.4. The molecule has 0 unspecified atom stereocenters. The van der Waals surface area contributed by atoms with Crippen LogP contribution in [0.1, 0.15) is 33.6 Å². The lowest BCUT2D eigenvalue weighted by atomic mass is 10.1. The smallest absolute Gasteiger partial charge is 0.159 e. The molecule has 0 aliphatic heterocycles. The summed E-state index contributed by atoms with van der Waals surface area (Å²) >= 11 is 0. The third kappa shape index (κ3) is 3.86. The van der Waals surface area contributed by atoms with Gasteiger partial charge >= 0.3 is 0 Å². The number of methoxy groups -OCH3 is 2. The molecule has 0 atom stereocenters. The van der Waals surface area contributed by atoms with Gasteiger partial charge in [-0.2, -0.15) is 0 Å². The number of hydrogen-bond donors (Lipinski definition) is 0. The summed E-state index contributed by atoms with van der Waals surface area (Å²) in [6, 6.07) is 0. The van der Waals surface area contributed by atoms with Crippen molar-refractivity contribution >= 4 is 0 Å². The zero-order chi connectivity index (χ0) is 11.1. The van der Waals surface area contributed by atoms with Crippen LogP contribution >= 0.6 is 0 Å². The molecular weight excluding hydrogens is 176 g/mol. The summed E-state index contributed by atoms with van der Waals surface area (Å²) in [6.45, 7) is 10.3. The maximum absolute atomic E-state index is 5.33. The molecule has 82 valence electrons. The van der Waals surface area contributed by atoms with Gasteiger partial charge in [0.1, 0.15) is 5.76 Å². The van der Waals surface area contributed by atoms with Gasteiger partial charge in [-0.3, -0.25) is 0 Å². The SMILES string of the molecule is C=C(CC)/C(OC)=C(\CC(C)C)OC. The molecule has 0 saturated heterocycles. The van der Waals surface area contributed by atoms with Crippen LogP contribution in [0.2, 0.25) is 0 Å². The van der Waals surface area contributed by atoms with Gasteiger partial charge in [0.2, 0.25) is 0 Å². The molecule has 2 nitrogen and oxygen atoms in total. The van der Waals surface area contributed by atoms with Gasteiger partial charge in [-0.15, -0.1) is 0 Å². The van der Waals surface area contributed by atoms with E-state index in [2.05, 4.69) is 27.4 Å². The molecule has 0 aromatic rings. The van der Waals surface area contributed by atoms with Gasteiger partial charge in [-0.05, 0) is 17.9 Å². The first-order valence-corrected chi connectivity index (χ1v) is 5.06. The molecule has 0 fully saturated rings. The molecule has 14 heavy (non-hydrogen) atoms. The van der Waals surface area contributed by atoms with Gasteiger partial charge in [0.05, 0.1) is 14.2 Å². The van der Waals surface area contributed by atoms with Crippen LogP contribution in [-0.2, 0) is 9.47 Å². The van der Waals surface area contributed by atoms with Crippen LogP contribution in [0.25, 0.3) is 0 Å². The van der Waals surface area contributed by atoms with Crippen LogP contribution in [0.3, 0.4) is 0 Å². The summed E-state index contributed by atoms with van der Waals surface area (Å²) in [5, 5.41) is 0. The van der Waals surface area contributed by atoms with Crippen molar-refractivity contribution < 1.29 is 9.47 Å². The lowest BCUT2D eigenvalue weighted by Gasteiger charge is -2.15. The summed E-state index contributed by atoms with van der Waals surface area (Å²) in [7, 11) is 3.34. The van der Waals surface area contributed by atoms with E-state index in [9.17, 15) is 0 Å². The van der Waals surface area contributed by atoms with E-state index >= 15 is 0 Å². The van der Waals surface area contributed by atoms with Crippen molar-refractivity contribution in [1.82, 2.24) is 0 Å². The molecule has 0 aromatic heterocycles. The highest BCUT2D eigenvalue weighted by Gasteiger charge is 2.11. The fourth-order valence-electron chi connectivity index (χ4n) is 1.26. The Bertz CT molecular complexity index is 214. The first-order valence-electron chi connectivity index (χ1n) is 5.06. The minimum atomic E-state index is 0.555. The van der Waals surface area contributed by atoms with E-state index in [0.29, 0.717) is 5.92 Å². The summed E-state index contributed by atoms with van der Waals surface area (Å²) in [5.41, 5.74) is 0.991. The van der Waals surface area contributed by atoms with Gasteiger partial charge in [0, 0.05) is 6.42 Å². The van der Waals surface area contributed by atoms with Crippen LogP contribution in [0.5, 0.6) is 0 Å². The summed E-state index contributed by atoms with van der Waals surface area (Å²) in [4.78, 5) is 0. The van der Waals surface area contributed by atoms with E-state index in [0.717, 1.165) is 29.9 Å². The lowest BCUT2D eigenvalue weighted by molar-refractivity contribution is 0.210. The first-order chi connectivity index (χ1) is 6.56. The van der Waals surface area contributed by atoms with E-state index in [1.54, 1.807) is 14.2 Å². The highest BCUT2D eigenvalue weighted by molar-refractivity contribution is 5.25. The fourth-order valence-corrected chi connectivity index (χ4v) is 1.26. The molecule has 0 aliphatic rings. The second-order valence-electron chi connectivity index (χ2n) is 3.72. The number of rotatable bonds is 6. The van der Waals surface area contributed by atoms with Crippen LogP contribution in [0, 0.1) is 5.92 Å². The molecule has 0 aliphatic carbocycles. The van der Waals surface area contributed by atoms with Crippen molar-refractivity contribution in [2.45, 2.75) is 33.6 Å². The van der Waals surface area contributed by atoms with E-state index < -0.39 is 0 Å². The molecular formula is C12H22O2. The van der Waals surface area contributed by atoms with E-state index in [1.165, 1.54) is 0 Å². The molecule has 0 rings (SSSR count). The topological polar surface area (TPSA) is 18.5 Å². The average Bonchev–Trinajstić information content (AvgIpc) is 2.16. The third-order valence-electron chi connectivity index (χ3n) is 2.05. The Balaban J connectivity index is 4.81. The fraction of sp³-hybridized carbons (Fsp3) is 0.667. The Morgan fingerprint density at radius 3 is 2.07 bits per heavy atom. The van der Waals surface area contributed by atoms with Crippen LogP contribution in [-0.4, -0.2) is 14.2 Å². The van der Waals surface area contributed by atoms with Gasteiger partial charge in [-0.1, -0.05) is 27.4 Å². The molecule has 0 heterocycles. The van der Waals surface area contributed by atoms with Crippen molar-refractivity contribution in [2.24, 2.45) is 5.92 Å². The van der Waals surface area contributed by atoms with Crippen LogP contribution in [0.15, 0.2) is 23.7 Å². The van der Waals surface area contributed by atoms with Crippen molar-refractivity contribution in [3.05, 3.63) is 23.7 Å². The second kappa shape index (κ2) is 6.52. The van der Waals surface area contributed by atoms with Crippen molar-refractivity contribution in [3.8, 4) is 0 Å². The van der Waals surface area contributed by atoms with Gasteiger partial charge in [0.25, 0.3) is 0 Å². The van der Waals surface area contributed by atoms with Crippen molar-refractivity contribution in [1.29, 1.82) is 0 Å². The zero-order valence-corrected chi connectivity index (χ0v) is 10.0. The number of ether oxygens (including phenoxy) is 2. The largest absolute Gasteiger partial charge is 0.497 e. The van der Waals surface area contributed by atoms with Crippen LogP contribution in [0.4, 0.5) is 0 Å².